The summed E-state index contributed by atoms with van der Waals surface area (Å²) in [7, 11) is 0. The van der Waals surface area contributed by atoms with Gasteiger partial charge in [0.15, 0.2) is 0 Å². The van der Waals surface area contributed by atoms with Gasteiger partial charge in [-0.1, -0.05) is 32.6 Å². The van der Waals surface area contributed by atoms with E-state index in [1.54, 1.807) is 0 Å². The van der Waals surface area contributed by atoms with Crippen molar-refractivity contribution in [2.45, 2.75) is 83.7 Å². The van der Waals surface area contributed by atoms with Gasteiger partial charge in [0.05, 0.1) is 0 Å². The van der Waals surface area contributed by atoms with Crippen molar-refractivity contribution in [1.29, 1.82) is 0 Å². The number of amides is 1. The first-order valence-corrected chi connectivity index (χ1v) is 7.50. The molecule has 3 heteroatoms. The van der Waals surface area contributed by atoms with E-state index in [0.717, 1.165) is 32.1 Å². The van der Waals surface area contributed by atoms with E-state index in [0.29, 0.717) is 0 Å². The molecular weight excluding hydrogens is 224 g/mol. The van der Waals surface area contributed by atoms with Gasteiger partial charge in [0.1, 0.15) is 0 Å². The summed E-state index contributed by atoms with van der Waals surface area (Å²) in [5.41, 5.74) is 5.77. The summed E-state index contributed by atoms with van der Waals surface area (Å²) in [5, 5.41) is 3.26. The first-order valence-electron chi connectivity index (χ1n) is 7.50. The summed E-state index contributed by atoms with van der Waals surface area (Å²) >= 11 is 0. The van der Waals surface area contributed by atoms with Crippen LogP contribution in [0, 0.1) is 5.92 Å². The fourth-order valence-corrected chi connectivity index (χ4v) is 2.75. The third-order valence-corrected chi connectivity index (χ3v) is 4.13. The monoisotopic (exact) mass is 254 g/mol. The molecule has 0 heterocycles. The van der Waals surface area contributed by atoms with Gasteiger partial charge in [-0.15, -0.1) is 0 Å². The smallest absolute Gasteiger partial charge is 0.223 e. The molecule has 1 aliphatic carbocycles. The maximum absolute atomic E-state index is 12.1. The highest BCUT2D eigenvalue weighted by Crippen LogP contribution is 2.28. The van der Waals surface area contributed by atoms with Crippen LogP contribution in [-0.2, 0) is 4.79 Å². The maximum atomic E-state index is 12.1. The van der Waals surface area contributed by atoms with Gasteiger partial charge in [0.25, 0.3) is 0 Å². The molecule has 106 valence electrons. The summed E-state index contributed by atoms with van der Waals surface area (Å²) in [6, 6.07) is 0.246. The van der Waals surface area contributed by atoms with Crippen LogP contribution in [0.15, 0.2) is 0 Å². The molecule has 0 spiro atoms. The SMILES string of the molecule is CC(N)CCCC(C)C(=O)NC1(C)CCCCC1. The van der Waals surface area contributed by atoms with Crippen LogP contribution in [0.5, 0.6) is 0 Å². The van der Waals surface area contributed by atoms with Gasteiger partial charge < -0.3 is 11.1 Å². The number of hydrogen-bond donors (Lipinski definition) is 2. The van der Waals surface area contributed by atoms with E-state index in [4.69, 9.17) is 5.73 Å². The van der Waals surface area contributed by atoms with E-state index in [-0.39, 0.29) is 23.4 Å². The minimum Gasteiger partial charge on any atom is -0.351 e. The number of nitrogens with two attached hydrogens (primary N) is 1. The Hall–Kier alpha value is -0.570. The zero-order valence-electron chi connectivity index (χ0n) is 12.3. The molecule has 3 N–H and O–H groups in total. The Morgan fingerprint density at radius 2 is 1.83 bits per heavy atom. The Morgan fingerprint density at radius 1 is 1.22 bits per heavy atom. The van der Waals surface area contributed by atoms with Crippen LogP contribution in [-0.4, -0.2) is 17.5 Å². The molecule has 18 heavy (non-hydrogen) atoms. The molecule has 0 aliphatic heterocycles. The Labute approximate surface area is 112 Å². The lowest BCUT2D eigenvalue weighted by molar-refractivity contribution is -0.126. The van der Waals surface area contributed by atoms with Crippen molar-refractivity contribution in [1.82, 2.24) is 5.32 Å². The summed E-state index contributed by atoms with van der Waals surface area (Å²) in [6.07, 6.45) is 9.07. The topological polar surface area (TPSA) is 55.1 Å². The molecule has 0 bridgehead atoms. The second kappa shape index (κ2) is 7.13. The number of carbonyl (C=O) groups excluding carboxylic acids is 1. The highest BCUT2D eigenvalue weighted by molar-refractivity contribution is 5.79. The van der Waals surface area contributed by atoms with Crippen LogP contribution < -0.4 is 11.1 Å². The molecule has 3 nitrogen and oxygen atoms in total. The molecule has 0 aromatic heterocycles. The van der Waals surface area contributed by atoms with Crippen molar-refractivity contribution >= 4 is 5.91 Å². The Balaban J connectivity index is 2.30. The third-order valence-electron chi connectivity index (χ3n) is 4.13. The molecule has 0 saturated heterocycles. The van der Waals surface area contributed by atoms with Crippen LogP contribution in [0.1, 0.15) is 72.1 Å². The second-order valence-corrected chi connectivity index (χ2v) is 6.42. The molecule has 1 saturated carbocycles. The average Bonchev–Trinajstić information content (AvgIpc) is 2.28. The molecule has 1 amide bonds. The normalized spacial score (nSPS) is 22.2. The van der Waals surface area contributed by atoms with Crippen molar-refractivity contribution in [3.63, 3.8) is 0 Å². The van der Waals surface area contributed by atoms with E-state index in [1.807, 2.05) is 13.8 Å². The second-order valence-electron chi connectivity index (χ2n) is 6.42. The minimum absolute atomic E-state index is 0.0464. The van der Waals surface area contributed by atoms with E-state index in [9.17, 15) is 4.79 Å². The molecule has 0 aromatic carbocycles. The van der Waals surface area contributed by atoms with Gasteiger partial charge in [-0.05, 0) is 39.5 Å². The molecular formula is C15H30N2O. The third kappa shape index (κ3) is 5.38. The number of nitrogens with one attached hydrogen (secondary N) is 1. The van der Waals surface area contributed by atoms with Crippen LogP contribution in [0.25, 0.3) is 0 Å². The van der Waals surface area contributed by atoms with Gasteiger partial charge in [-0.2, -0.15) is 0 Å². The van der Waals surface area contributed by atoms with Crippen molar-refractivity contribution in [2.24, 2.45) is 11.7 Å². The number of carbonyl (C=O) groups is 1. The summed E-state index contributed by atoms with van der Waals surface area (Å²) < 4.78 is 0. The fourth-order valence-electron chi connectivity index (χ4n) is 2.75. The molecule has 0 radical (unpaired) electrons. The van der Waals surface area contributed by atoms with Gasteiger partial charge in [-0.25, -0.2) is 0 Å². The fraction of sp³-hybridized carbons (Fsp3) is 0.933. The van der Waals surface area contributed by atoms with Gasteiger partial charge in [0, 0.05) is 17.5 Å². The predicted octanol–water partition coefficient (Wildman–Crippen LogP) is 2.98. The van der Waals surface area contributed by atoms with Crippen molar-refractivity contribution < 1.29 is 4.79 Å². The lowest BCUT2D eigenvalue weighted by Gasteiger charge is -2.35. The minimum atomic E-state index is 0.0464. The zero-order valence-corrected chi connectivity index (χ0v) is 12.3. The standard InChI is InChI=1S/C15H30N2O/c1-12(8-7-9-13(2)16)14(18)17-15(3)10-5-4-6-11-15/h12-13H,4-11,16H2,1-3H3,(H,17,18). The van der Waals surface area contributed by atoms with E-state index in [2.05, 4.69) is 12.2 Å². The lowest BCUT2D eigenvalue weighted by atomic mass is 9.83. The first-order chi connectivity index (χ1) is 8.43. The summed E-state index contributed by atoms with van der Waals surface area (Å²) in [5.74, 6) is 0.339. The van der Waals surface area contributed by atoms with Crippen LogP contribution >= 0.6 is 0 Å². The Kier molecular flexibility index (Phi) is 6.13. The average molecular weight is 254 g/mol. The summed E-state index contributed by atoms with van der Waals surface area (Å²) in [4.78, 5) is 12.1. The van der Waals surface area contributed by atoms with Crippen LogP contribution in [0.4, 0.5) is 0 Å². The number of hydrogen-bond acceptors (Lipinski definition) is 2. The van der Waals surface area contributed by atoms with E-state index in [1.165, 1.54) is 19.3 Å². The maximum Gasteiger partial charge on any atom is 0.223 e. The Morgan fingerprint density at radius 3 is 2.39 bits per heavy atom. The highest BCUT2D eigenvalue weighted by atomic mass is 16.2. The van der Waals surface area contributed by atoms with Gasteiger partial charge in [0.2, 0.25) is 5.91 Å². The number of rotatable bonds is 6. The molecule has 1 fully saturated rings. The molecule has 1 rings (SSSR count). The van der Waals surface area contributed by atoms with Crippen molar-refractivity contribution in [3.05, 3.63) is 0 Å². The first kappa shape index (κ1) is 15.5. The van der Waals surface area contributed by atoms with Gasteiger partial charge in [-0.3, -0.25) is 4.79 Å². The molecule has 2 unspecified atom stereocenters. The predicted molar refractivity (Wildman–Crippen MR) is 76.3 cm³/mol. The Bertz CT molecular complexity index is 257. The quantitative estimate of drug-likeness (QED) is 0.765. The van der Waals surface area contributed by atoms with Crippen molar-refractivity contribution in [2.75, 3.05) is 0 Å². The zero-order chi connectivity index (χ0) is 13.6. The highest BCUT2D eigenvalue weighted by Gasteiger charge is 2.29. The van der Waals surface area contributed by atoms with E-state index < -0.39 is 0 Å². The lowest BCUT2D eigenvalue weighted by Crippen LogP contribution is -2.49. The van der Waals surface area contributed by atoms with Crippen LogP contribution in [0.3, 0.4) is 0 Å². The van der Waals surface area contributed by atoms with Crippen molar-refractivity contribution in [3.8, 4) is 0 Å². The molecule has 1 aliphatic rings. The largest absolute Gasteiger partial charge is 0.351 e. The van der Waals surface area contributed by atoms with Crippen LogP contribution in [0.2, 0.25) is 0 Å². The molecule has 2 atom stereocenters. The van der Waals surface area contributed by atoms with Gasteiger partial charge >= 0.3 is 0 Å². The molecule has 0 aromatic rings. The summed E-state index contributed by atoms with van der Waals surface area (Å²) in [6.45, 7) is 6.25. The van der Waals surface area contributed by atoms with E-state index >= 15 is 0 Å².